The standard InChI is InChI=1S/C21H22N4OS/c26-21(17-6-10-22-11-7-17)25-12-8-18(9-13-25)23-14-20-24-19(15-27-20)16-4-2-1-3-5-16/h1-7,10-11,15,18,23H,8-9,12-14H2. The van der Waals surface area contributed by atoms with Gasteiger partial charge in [0.1, 0.15) is 5.01 Å². The summed E-state index contributed by atoms with van der Waals surface area (Å²) in [6, 6.07) is 14.2. The Morgan fingerprint density at radius 2 is 1.85 bits per heavy atom. The van der Waals surface area contributed by atoms with E-state index in [4.69, 9.17) is 4.98 Å². The Hall–Kier alpha value is -2.57. The number of carbonyl (C=O) groups is 1. The van der Waals surface area contributed by atoms with Crippen molar-refractivity contribution < 1.29 is 4.79 Å². The summed E-state index contributed by atoms with van der Waals surface area (Å²) in [5.41, 5.74) is 2.91. The van der Waals surface area contributed by atoms with Gasteiger partial charge in [-0.2, -0.15) is 0 Å². The molecule has 4 rings (SSSR count). The average Bonchev–Trinajstić information content (AvgIpc) is 3.22. The van der Waals surface area contributed by atoms with E-state index in [9.17, 15) is 4.79 Å². The molecule has 1 amide bonds. The molecule has 138 valence electrons. The number of rotatable bonds is 5. The molecule has 0 spiro atoms. The zero-order valence-corrected chi connectivity index (χ0v) is 15.9. The lowest BCUT2D eigenvalue weighted by atomic mass is 10.0. The number of pyridine rings is 1. The minimum absolute atomic E-state index is 0.100. The van der Waals surface area contributed by atoms with Crippen molar-refractivity contribution in [3.05, 3.63) is 70.8 Å². The first kappa shape index (κ1) is 17.8. The molecule has 1 aromatic carbocycles. The van der Waals surface area contributed by atoms with Crippen LogP contribution in [0.2, 0.25) is 0 Å². The Balaban J connectivity index is 1.27. The molecule has 2 aromatic heterocycles. The van der Waals surface area contributed by atoms with E-state index in [0.29, 0.717) is 11.6 Å². The van der Waals surface area contributed by atoms with Crippen molar-refractivity contribution in [1.29, 1.82) is 0 Å². The van der Waals surface area contributed by atoms with Gasteiger partial charge in [0.15, 0.2) is 0 Å². The number of carbonyl (C=O) groups excluding carboxylic acids is 1. The maximum Gasteiger partial charge on any atom is 0.253 e. The van der Waals surface area contributed by atoms with Gasteiger partial charge < -0.3 is 10.2 Å². The zero-order valence-electron chi connectivity index (χ0n) is 15.0. The van der Waals surface area contributed by atoms with Gasteiger partial charge >= 0.3 is 0 Å². The Bertz CT molecular complexity index is 873. The molecule has 1 fully saturated rings. The molecular weight excluding hydrogens is 356 g/mol. The molecule has 3 heterocycles. The van der Waals surface area contributed by atoms with Crippen molar-refractivity contribution in [2.75, 3.05) is 13.1 Å². The Labute approximate surface area is 163 Å². The van der Waals surface area contributed by atoms with E-state index in [-0.39, 0.29) is 5.91 Å². The molecule has 1 aliphatic rings. The summed E-state index contributed by atoms with van der Waals surface area (Å²) in [5, 5.41) is 6.82. The van der Waals surface area contributed by atoms with Crippen LogP contribution in [0.1, 0.15) is 28.2 Å². The molecule has 6 heteroatoms. The second kappa shape index (κ2) is 8.41. The van der Waals surface area contributed by atoms with Gasteiger partial charge in [0.2, 0.25) is 0 Å². The van der Waals surface area contributed by atoms with Gasteiger partial charge in [-0.25, -0.2) is 4.98 Å². The number of piperidine rings is 1. The lowest BCUT2D eigenvalue weighted by Crippen LogP contribution is -2.44. The van der Waals surface area contributed by atoms with Gasteiger partial charge in [0.25, 0.3) is 5.91 Å². The lowest BCUT2D eigenvalue weighted by molar-refractivity contribution is 0.0704. The molecule has 1 N–H and O–H groups in total. The third-order valence-electron chi connectivity index (χ3n) is 4.87. The third-order valence-corrected chi connectivity index (χ3v) is 5.72. The topological polar surface area (TPSA) is 58.1 Å². The number of nitrogens with zero attached hydrogens (tertiary/aromatic N) is 3. The average molecular weight is 379 g/mol. The van der Waals surface area contributed by atoms with Gasteiger partial charge in [-0.3, -0.25) is 9.78 Å². The zero-order chi connectivity index (χ0) is 18.5. The predicted molar refractivity (Wildman–Crippen MR) is 108 cm³/mol. The normalized spacial score (nSPS) is 15.0. The molecule has 0 radical (unpaired) electrons. The number of nitrogens with one attached hydrogen (secondary N) is 1. The molecule has 1 saturated heterocycles. The van der Waals surface area contributed by atoms with Crippen LogP contribution in [0.3, 0.4) is 0 Å². The van der Waals surface area contributed by atoms with Crippen molar-refractivity contribution in [3.8, 4) is 11.3 Å². The van der Waals surface area contributed by atoms with Crippen LogP contribution in [0.5, 0.6) is 0 Å². The molecule has 5 nitrogen and oxygen atoms in total. The van der Waals surface area contributed by atoms with Crippen LogP contribution < -0.4 is 5.32 Å². The number of amides is 1. The second-order valence-electron chi connectivity index (χ2n) is 6.68. The van der Waals surface area contributed by atoms with Crippen molar-refractivity contribution in [1.82, 2.24) is 20.2 Å². The Morgan fingerprint density at radius 3 is 2.59 bits per heavy atom. The highest BCUT2D eigenvalue weighted by atomic mass is 32.1. The van der Waals surface area contributed by atoms with E-state index in [1.165, 1.54) is 0 Å². The maximum absolute atomic E-state index is 12.5. The first-order chi connectivity index (χ1) is 13.3. The highest BCUT2D eigenvalue weighted by molar-refractivity contribution is 7.09. The van der Waals surface area contributed by atoms with E-state index in [0.717, 1.165) is 48.7 Å². The van der Waals surface area contributed by atoms with Gasteiger partial charge in [-0.05, 0) is 25.0 Å². The highest BCUT2D eigenvalue weighted by Crippen LogP contribution is 2.22. The number of benzene rings is 1. The summed E-state index contributed by atoms with van der Waals surface area (Å²) < 4.78 is 0. The van der Waals surface area contributed by atoms with Crippen LogP contribution in [-0.2, 0) is 6.54 Å². The highest BCUT2D eigenvalue weighted by Gasteiger charge is 2.23. The molecule has 27 heavy (non-hydrogen) atoms. The molecular formula is C21H22N4OS. The molecule has 0 aliphatic carbocycles. The molecule has 3 aromatic rings. The van der Waals surface area contributed by atoms with Gasteiger partial charge in [-0.15, -0.1) is 11.3 Å². The van der Waals surface area contributed by atoms with Crippen LogP contribution in [-0.4, -0.2) is 39.9 Å². The summed E-state index contributed by atoms with van der Waals surface area (Å²) in [7, 11) is 0. The molecule has 0 saturated carbocycles. The van der Waals surface area contributed by atoms with Crippen LogP contribution >= 0.6 is 11.3 Å². The van der Waals surface area contributed by atoms with Crippen LogP contribution in [0.4, 0.5) is 0 Å². The van der Waals surface area contributed by atoms with E-state index >= 15 is 0 Å². The number of hydrogen-bond acceptors (Lipinski definition) is 5. The second-order valence-corrected chi connectivity index (χ2v) is 7.62. The van der Waals surface area contributed by atoms with Gasteiger partial charge in [0.05, 0.1) is 5.69 Å². The smallest absolute Gasteiger partial charge is 0.253 e. The summed E-state index contributed by atoms with van der Waals surface area (Å²) in [4.78, 5) is 23.1. The van der Waals surface area contributed by atoms with Crippen molar-refractivity contribution in [3.63, 3.8) is 0 Å². The molecule has 0 unspecified atom stereocenters. The summed E-state index contributed by atoms with van der Waals surface area (Å²) in [6.07, 6.45) is 5.26. The number of likely N-dealkylation sites (tertiary alicyclic amines) is 1. The maximum atomic E-state index is 12.5. The van der Waals surface area contributed by atoms with Crippen molar-refractivity contribution >= 4 is 17.2 Å². The Morgan fingerprint density at radius 1 is 1.11 bits per heavy atom. The summed E-state index contributed by atoms with van der Waals surface area (Å²) >= 11 is 1.69. The van der Waals surface area contributed by atoms with Crippen LogP contribution in [0, 0.1) is 0 Å². The molecule has 1 aliphatic heterocycles. The predicted octanol–water partition coefficient (Wildman–Crippen LogP) is 3.60. The van der Waals surface area contributed by atoms with Crippen LogP contribution in [0.15, 0.2) is 60.2 Å². The first-order valence-corrected chi connectivity index (χ1v) is 10.1. The number of hydrogen-bond donors (Lipinski definition) is 1. The summed E-state index contributed by atoms with van der Waals surface area (Å²) in [6.45, 7) is 2.35. The Kier molecular flexibility index (Phi) is 5.55. The lowest BCUT2D eigenvalue weighted by Gasteiger charge is -2.32. The van der Waals surface area contributed by atoms with E-state index in [1.54, 1.807) is 35.9 Å². The number of aromatic nitrogens is 2. The quantitative estimate of drug-likeness (QED) is 0.737. The van der Waals surface area contributed by atoms with Gasteiger partial charge in [0, 0.05) is 54.6 Å². The third kappa shape index (κ3) is 4.40. The summed E-state index contributed by atoms with van der Waals surface area (Å²) in [5.74, 6) is 0.100. The minimum atomic E-state index is 0.100. The fourth-order valence-corrected chi connectivity index (χ4v) is 4.08. The molecule has 0 bridgehead atoms. The van der Waals surface area contributed by atoms with E-state index < -0.39 is 0 Å². The van der Waals surface area contributed by atoms with Gasteiger partial charge in [-0.1, -0.05) is 30.3 Å². The fraction of sp³-hybridized carbons (Fsp3) is 0.286. The van der Waals surface area contributed by atoms with E-state index in [1.807, 2.05) is 23.1 Å². The fourth-order valence-electron chi connectivity index (χ4n) is 3.33. The molecule has 0 atom stereocenters. The number of thiazole rings is 1. The first-order valence-electron chi connectivity index (χ1n) is 9.22. The van der Waals surface area contributed by atoms with Crippen molar-refractivity contribution in [2.45, 2.75) is 25.4 Å². The van der Waals surface area contributed by atoms with Crippen LogP contribution in [0.25, 0.3) is 11.3 Å². The minimum Gasteiger partial charge on any atom is -0.339 e. The monoisotopic (exact) mass is 378 g/mol. The van der Waals surface area contributed by atoms with Crippen molar-refractivity contribution in [2.24, 2.45) is 0 Å². The van der Waals surface area contributed by atoms with E-state index in [2.05, 4.69) is 27.8 Å². The largest absolute Gasteiger partial charge is 0.339 e. The SMILES string of the molecule is O=C(c1ccncc1)N1CCC(NCc2nc(-c3ccccc3)cs2)CC1.